The Morgan fingerprint density at radius 3 is 2.65 bits per heavy atom. The van der Waals surface area contributed by atoms with Crippen molar-refractivity contribution in [2.24, 2.45) is 0 Å². The fourth-order valence-corrected chi connectivity index (χ4v) is 1.65. The van der Waals surface area contributed by atoms with Gasteiger partial charge in [-0.15, -0.1) is 0 Å². The van der Waals surface area contributed by atoms with E-state index in [4.69, 9.17) is 0 Å². The summed E-state index contributed by atoms with van der Waals surface area (Å²) in [5.74, 6) is 0.381. The number of allylic oxidation sites excluding steroid dienone is 1. The predicted octanol–water partition coefficient (Wildman–Crippen LogP) is 3.77. The third-order valence-electron chi connectivity index (χ3n) is 2.55. The maximum absolute atomic E-state index is 11.6. The van der Waals surface area contributed by atoms with Gasteiger partial charge in [0.05, 0.1) is 0 Å². The highest BCUT2D eigenvalue weighted by Gasteiger charge is 2.10. The first-order valence-electron chi connectivity index (χ1n) is 5.84. The lowest BCUT2D eigenvalue weighted by Crippen LogP contribution is -2.25. The summed E-state index contributed by atoms with van der Waals surface area (Å²) in [5.41, 5.74) is 3.14. The molecule has 0 aromatic heterocycles. The zero-order valence-corrected chi connectivity index (χ0v) is 10.9. The average Bonchev–Trinajstić information content (AvgIpc) is 2.28. The summed E-state index contributed by atoms with van der Waals surface area (Å²) in [7, 11) is 0. The number of anilines is 1. The topological polar surface area (TPSA) is 41.1 Å². The Balaban J connectivity index is 2.92. The second-order valence-corrected chi connectivity index (χ2v) is 4.29. The molecule has 3 nitrogen and oxygen atoms in total. The Kier molecular flexibility index (Phi) is 4.76. The van der Waals surface area contributed by atoms with E-state index in [2.05, 4.69) is 24.5 Å². The SMILES string of the molecule is C/C=C/NC(=O)Nc1c(C)cccc1C(C)C. The minimum Gasteiger partial charge on any atom is -0.315 e. The number of urea groups is 1. The van der Waals surface area contributed by atoms with Crippen molar-refractivity contribution in [2.45, 2.75) is 33.6 Å². The Bertz CT molecular complexity index is 422. The minimum absolute atomic E-state index is 0.209. The number of nitrogens with one attached hydrogen (secondary N) is 2. The second-order valence-electron chi connectivity index (χ2n) is 4.29. The summed E-state index contributed by atoms with van der Waals surface area (Å²) in [6.45, 7) is 8.08. The van der Waals surface area contributed by atoms with Crippen LogP contribution in [0.4, 0.5) is 10.5 Å². The van der Waals surface area contributed by atoms with Crippen LogP contribution < -0.4 is 10.6 Å². The number of benzene rings is 1. The highest BCUT2D eigenvalue weighted by molar-refractivity contribution is 5.91. The molecule has 0 bridgehead atoms. The van der Waals surface area contributed by atoms with Crippen LogP contribution in [0.25, 0.3) is 0 Å². The van der Waals surface area contributed by atoms with Crippen molar-refractivity contribution in [3.8, 4) is 0 Å². The molecule has 2 amide bonds. The van der Waals surface area contributed by atoms with Gasteiger partial charge < -0.3 is 10.6 Å². The van der Waals surface area contributed by atoms with Gasteiger partial charge in [-0.1, -0.05) is 38.1 Å². The standard InChI is InChI=1S/C14H20N2O/c1-5-9-15-14(17)16-13-11(4)7-6-8-12(13)10(2)3/h5-10H,1-4H3,(H2,15,16,17)/b9-5+. The molecule has 1 aromatic rings. The van der Waals surface area contributed by atoms with E-state index >= 15 is 0 Å². The molecule has 1 aromatic carbocycles. The molecule has 0 aliphatic rings. The number of aryl methyl sites for hydroxylation is 1. The lowest BCUT2D eigenvalue weighted by atomic mass is 9.98. The first-order chi connectivity index (χ1) is 8.06. The van der Waals surface area contributed by atoms with Crippen LogP contribution in [0.5, 0.6) is 0 Å². The molecule has 1 rings (SSSR count). The summed E-state index contributed by atoms with van der Waals surface area (Å²) >= 11 is 0. The molecule has 0 spiro atoms. The molecule has 3 heteroatoms. The number of carbonyl (C=O) groups excluding carboxylic acids is 1. The highest BCUT2D eigenvalue weighted by Crippen LogP contribution is 2.27. The van der Waals surface area contributed by atoms with E-state index in [9.17, 15) is 4.79 Å². The number of hydrogen-bond acceptors (Lipinski definition) is 1. The van der Waals surface area contributed by atoms with E-state index < -0.39 is 0 Å². The molecule has 0 aliphatic carbocycles. The van der Waals surface area contributed by atoms with Gasteiger partial charge in [0.1, 0.15) is 0 Å². The second kappa shape index (κ2) is 6.09. The van der Waals surface area contributed by atoms with Crippen molar-refractivity contribution in [3.63, 3.8) is 0 Å². The molecular formula is C14H20N2O. The molecule has 0 saturated carbocycles. The van der Waals surface area contributed by atoms with Crippen LogP contribution in [0.2, 0.25) is 0 Å². The summed E-state index contributed by atoms with van der Waals surface area (Å²) in [6.07, 6.45) is 3.39. The summed E-state index contributed by atoms with van der Waals surface area (Å²) < 4.78 is 0. The zero-order chi connectivity index (χ0) is 12.8. The predicted molar refractivity (Wildman–Crippen MR) is 72.2 cm³/mol. The van der Waals surface area contributed by atoms with Crippen LogP contribution in [0.3, 0.4) is 0 Å². The maximum Gasteiger partial charge on any atom is 0.323 e. The maximum atomic E-state index is 11.6. The van der Waals surface area contributed by atoms with E-state index in [0.29, 0.717) is 5.92 Å². The van der Waals surface area contributed by atoms with Crippen LogP contribution in [-0.2, 0) is 0 Å². The highest BCUT2D eigenvalue weighted by atomic mass is 16.2. The van der Waals surface area contributed by atoms with Crippen molar-refractivity contribution in [3.05, 3.63) is 41.6 Å². The first kappa shape index (κ1) is 13.3. The average molecular weight is 232 g/mol. The summed E-state index contributed by atoms with van der Waals surface area (Å²) in [5, 5.41) is 5.54. The normalized spacial score (nSPS) is 10.9. The molecule has 17 heavy (non-hydrogen) atoms. The van der Waals surface area contributed by atoms with Crippen molar-refractivity contribution in [2.75, 3.05) is 5.32 Å². The van der Waals surface area contributed by atoms with E-state index in [1.165, 1.54) is 0 Å². The number of para-hydroxylation sites is 1. The third-order valence-corrected chi connectivity index (χ3v) is 2.55. The van der Waals surface area contributed by atoms with Crippen molar-refractivity contribution in [1.82, 2.24) is 5.32 Å². The summed E-state index contributed by atoms with van der Waals surface area (Å²) in [6, 6.07) is 5.85. The fraction of sp³-hybridized carbons (Fsp3) is 0.357. The van der Waals surface area contributed by atoms with Gasteiger partial charge in [0, 0.05) is 11.9 Å². The Morgan fingerprint density at radius 2 is 2.06 bits per heavy atom. The lowest BCUT2D eigenvalue weighted by Gasteiger charge is -2.16. The summed E-state index contributed by atoms with van der Waals surface area (Å²) in [4.78, 5) is 11.6. The van der Waals surface area contributed by atoms with Gasteiger partial charge in [-0.25, -0.2) is 4.79 Å². The van der Waals surface area contributed by atoms with Gasteiger partial charge in [0.25, 0.3) is 0 Å². The van der Waals surface area contributed by atoms with Crippen molar-refractivity contribution in [1.29, 1.82) is 0 Å². The fourth-order valence-electron chi connectivity index (χ4n) is 1.65. The number of carbonyl (C=O) groups is 1. The van der Waals surface area contributed by atoms with E-state index in [-0.39, 0.29) is 6.03 Å². The van der Waals surface area contributed by atoms with Crippen molar-refractivity contribution < 1.29 is 4.79 Å². The Labute approximate surface area is 103 Å². The van der Waals surface area contributed by atoms with E-state index in [1.807, 2.05) is 32.0 Å². The number of amides is 2. The minimum atomic E-state index is -0.209. The lowest BCUT2D eigenvalue weighted by molar-refractivity contribution is 0.255. The molecule has 0 saturated heterocycles. The van der Waals surface area contributed by atoms with Gasteiger partial charge >= 0.3 is 6.03 Å². The van der Waals surface area contributed by atoms with Gasteiger partial charge in [-0.05, 0) is 30.9 Å². The molecule has 0 unspecified atom stereocenters. The van der Waals surface area contributed by atoms with Crippen LogP contribution in [0.15, 0.2) is 30.5 Å². The Morgan fingerprint density at radius 1 is 1.35 bits per heavy atom. The first-order valence-corrected chi connectivity index (χ1v) is 5.84. The number of hydrogen-bond donors (Lipinski definition) is 2. The van der Waals surface area contributed by atoms with Gasteiger partial charge in [0.2, 0.25) is 0 Å². The monoisotopic (exact) mass is 232 g/mol. The molecule has 0 radical (unpaired) electrons. The van der Waals surface area contributed by atoms with Gasteiger partial charge in [-0.2, -0.15) is 0 Å². The Hall–Kier alpha value is -1.77. The van der Waals surface area contributed by atoms with E-state index in [1.54, 1.807) is 12.3 Å². The molecule has 2 N–H and O–H groups in total. The van der Waals surface area contributed by atoms with E-state index in [0.717, 1.165) is 16.8 Å². The molecule has 92 valence electrons. The zero-order valence-electron chi connectivity index (χ0n) is 10.9. The molecule has 0 fully saturated rings. The molecule has 0 atom stereocenters. The van der Waals surface area contributed by atoms with Gasteiger partial charge in [-0.3, -0.25) is 0 Å². The molecule has 0 heterocycles. The molecular weight excluding hydrogens is 212 g/mol. The largest absolute Gasteiger partial charge is 0.323 e. The smallest absolute Gasteiger partial charge is 0.315 e. The quantitative estimate of drug-likeness (QED) is 0.818. The number of rotatable bonds is 3. The van der Waals surface area contributed by atoms with Crippen LogP contribution in [0, 0.1) is 6.92 Å². The van der Waals surface area contributed by atoms with Gasteiger partial charge in [0.15, 0.2) is 0 Å². The molecule has 0 aliphatic heterocycles. The van der Waals surface area contributed by atoms with Crippen LogP contribution >= 0.6 is 0 Å². The van der Waals surface area contributed by atoms with Crippen LogP contribution in [-0.4, -0.2) is 6.03 Å². The third kappa shape index (κ3) is 3.63. The van der Waals surface area contributed by atoms with Crippen LogP contribution in [0.1, 0.15) is 37.8 Å². The van der Waals surface area contributed by atoms with Crippen molar-refractivity contribution >= 4 is 11.7 Å².